The summed E-state index contributed by atoms with van der Waals surface area (Å²) in [5.41, 5.74) is 3.21. The van der Waals surface area contributed by atoms with Crippen LogP contribution >= 0.6 is 12.2 Å². The Bertz CT molecular complexity index is 1370. The minimum Gasteiger partial charge on any atom is -0.495 e. The molecule has 0 bridgehead atoms. The van der Waals surface area contributed by atoms with E-state index in [1.165, 1.54) is 7.11 Å². The van der Waals surface area contributed by atoms with Crippen LogP contribution < -0.4 is 20.3 Å². The zero-order chi connectivity index (χ0) is 25.8. The Kier molecular flexibility index (Phi) is 7.20. The number of furan rings is 1. The van der Waals surface area contributed by atoms with Crippen molar-refractivity contribution < 1.29 is 18.7 Å². The van der Waals surface area contributed by atoms with Crippen LogP contribution in [-0.2, 0) is 16.1 Å². The SMILES string of the molecule is COCC(=O)Nc1cc(N2C(=S)N[C@@H](c3ccccn3)[C@H]2c2cccn2Cc2ccco2)ccc1OC. The van der Waals surface area contributed by atoms with Crippen molar-refractivity contribution in [3.8, 4) is 5.75 Å². The summed E-state index contributed by atoms with van der Waals surface area (Å²) in [5.74, 6) is 1.10. The molecule has 10 heteroatoms. The first-order valence-electron chi connectivity index (χ1n) is 11.7. The van der Waals surface area contributed by atoms with Gasteiger partial charge in [0.25, 0.3) is 0 Å². The van der Waals surface area contributed by atoms with E-state index in [0.29, 0.717) is 23.1 Å². The van der Waals surface area contributed by atoms with Gasteiger partial charge in [-0.3, -0.25) is 9.78 Å². The van der Waals surface area contributed by atoms with Crippen molar-refractivity contribution in [1.29, 1.82) is 0 Å². The molecule has 0 spiro atoms. The molecule has 3 aromatic heterocycles. The summed E-state index contributed by atoms with van der Waals surface area (Å²) in [5, 5.41) is 6.88. The molecule has 2 atom stereocenters. The normalized spacial score (nSPS) is 17.0. The number of nitrogens with zero attached hydrogens (tertiary/aromatic N) is 3. The number of nitrogens with one attached hydrogen (secondary N) is 2. The Labute approximate surface area is 220 Å². The molecule has 1 aliphatic rings. The first-order valence-corrected chi connectivity index (χ1v) is 12.1. The third kappa shape index (κ3) is 5.07. The molecule has 1 aliphatic heterocycles. The number of carbonyl (C=O) groups excluding carboxylic acids is 1. The predicted octanol–water partition coefficient (Wildman–Crippen LogP) is 4.30. The lowest BCUT2D eigenvalue weighted by atomic mass is 10.0. The van der Waals surface area contributed by atoms with E-state index in [9.17, 15) is 4.79 Å². The number of thiocarbonyl (C=S) groups is 1. The van der Waals surface area contributed by atoms with E-state index >= 15 is 0 Å². The average molecular weight is 518 g/mol. The number of methoxy groups -OCH3 is 2. The van der Waals surface area contributed by atoms with E-state index in [1.54, 1.807) is 19.6 Å². The third-order valence-electron chi connectivity index (χ3n) is 6.18. The molecule has 1 amide bonds. The molecule has 2 N–H and O–H groups in total. The second kappa shape index (κ2) is 10.9. The van der Waals surface area contributed by atoms with Crippen LogP contribution in [0.5, 0.6) is 5.75 Å². The highest BCUT2D eigenvalue weighted by Gasteiger charge is 2.42. The molecule has 4 aromatic rings. The van der Waals surface area contributed by atoms with Gasteiger partial charge in [-0.1, -0.05) is 6.07 Å². The number of anilines is 2. The van der Waals surface area contributed by atoms with Crippen molar-refractivity contribution in [1.82, 2.24) is 14.9 Å². The molecular formula is C27H27N5O4S. The van der Waals surface area contributed by atoms with Gasteiger partial charge in [0.1, 0.15) is 24.2 Å². The van der Waals surface area contributed by atoms with Crippen LogP contribution in [0.4, 0.5) is 11.4 Å². The maximum Gasteiger partial charge on any atom is 0.250 e. The lowest BCUT2D eigenvalue weighted by Gasteiger charge is -2.29. The van der Waals surface area contributed by atoms with E-state index < -0.39 is 0 Å². The summed E-state index contributed by atoms with van der Waals surface area (Å²) in [7, 11) is 3.03. The van der Waals surface area contributed by atoms with E-state index in [2.05, 4.69) is 26.3 Å². The molecule has 0 unspecified atom stereocenters. The first-order chi connectivity index (χ1) is 18.1. The molecule has 0 saturated carbocycles. The first kappa shape index (κ1) is 24.5. The lowest BCUT2D eigenvalue weighted by molar-refractivity contribution is -0.119. The van der Waals surface area contributed by atoms with Gasteiger partial charge in [-0.25, -0.2) is 0 Å². The Hall–Kier alpha value is -4.15. The van der Waals surface area contributed by atoms with Crippen molar-refractivity contribution in [3.05, 3.63) is 96.5 Å². The molecule has 1 fully saturated rings. The summed E-state index contributed by atoms with van der Waals surface area (Å²) in [6.45, 7) is 0.504. The highest BCUT2D eigenvalue weighted by atomic mass is 32.1. The molecule has 190 valence electrons. The Morgan fingerprint density at radius 1 is 1.16 bits per heavy atom. The number of rotatable bonds is 9. The summed E-state index contributed by atoms with van der Waals surface area (Å²) >= 11 is 5.86. The number of benzene rings is 1. The smallest absolute Gasteiger partial charge is 0.250 e. The number of hydrogen-bond acceptors (Lipinski definition) is 6. The maximum absolute atomic E-state index is 12.3. The summed E-state index contributed by atoms with van der Waals surface area (Å²) in [6.07, 6.45) is 5.47. The van der Waals surface area contributed by atoms with Crippen LogP contribution in [0.25, 0.3) is 0 Å². The number of ether oxygens (including phenoxy) is 2. The standard InChI is InChI=1S/C27H27N5O4S/c1-34-17-24(33)29-21-15-18(10-11-23(21)35-2)32-26(25(30-27(32)37)20-8-3-4-12-28-20)22-9-5-13-31(22)16-19-7-6-14-36-19/h3-15,25-26H,16-17H2,1-2H3,(H,29,33)(H,30,37)/t25-,26+/m0/s1. The molecule has 1 saturated heterocycles. The van der Waals surface area contributed by atoms with Crippen molar-refractivity contribution in [2.24, 2.45) is 0 Å². The minimum atomic E-state index is -0.282. The van der Waals surface area contributed by atoms with Gasteiger partial charge in [0, 0.05) is 30.9 Å². The fourth-order valence-corrected chi connectivity index (χ4v) is 4.95. The second-order valence-electron chi connectivity index (χ2n) is 8.50. The largest absolute Gasteiger partial charge is 0.495 e. The van der Waals surface area contributed by atoms with Crippen molar-refractivity contribution in [2.75, 3.05) is 31.0 Å². The Morgan fingerprint density at radius 2 is 2.05 bits per heavy atom. The molecule has 37 heavy (non-hydrogen) atoms. The van der Waals surface area contributed by atoms with E-state index in [0.717, 1.165) is 22.8 Å². The van der Waals surface area contributed by atoms with Crippen LogP contribution in [0.1, 0.15) is 29.2 Å². The molecule has 5 rings (SSSR count). The third-order valence-corrected chi connectivity index (χ3v) is 6.50. The van der Waals surface area contributed by atoms with Gasteiger partial charge in [0.2, 0.25) is 5.91 Å². The Balaban J connectivity index is 1.58. The number of pyridine rings is 1. The summed E-state index contributed by atoms with van der Waals surface area (Å²) in [4.78, 5) is 19.0. The van der Waals surface area contributed by atoms with Gasteiger partial charge >= 0.3 is 0 Å². The maximum atomic E-state index is 12.3. The molecular weight excluding hydrogens is 490 g/mol. The average Bonchev–Trinajstić information content (AvgIpc) is 3.65. The summed E-state index contributed by atoms with van der Waals surface area (Å²) in [6, 6.07) is 18.9. The van der Waals surface area contributed by atoms with Crippen molar-refractivity contribution in [3.63, 3.8) is 0 Å². The van der Waals surface area contributed by atoms with Crippen molar-refractivity contribution >= 4 is 34.6 Å². The van der Waals surface area contributed by atoms with Crippen LogP contribution in [-0.4, -0.2) is 41.4 Å². The molecule has 9 nitrogen and oxygen atoms in total. The van der Waals surface area contributed by atoms with E-state index in [1.807, 2.05) is 65.7 Å². The van der Waals surface area contributed by atoms with Gasteiger partial charge < -0.3 is 34.0 Å². The fourth-order valence-electron chi connectivity index (χ4n) is 4.60. The molecule has 4 heterocycles. The van der Waals surface area contributed by atoms with Gasteiger partial charge in [-0.15, -0.1) is 0 Å². The molecule has 1 aromatic carbocycles. The van der Waals surface area contributed by atoms with Crippen LogP contribution in [0, 0.1) is 0 Å². The topological polar surface area (TPSA) is 93.8 Å². The monoisotopic (exact) mass is 517 g/mol. The summed E-state index contributed by atoms with van der Waals surface area (Å²) < 4.78 is 18.2. The van der Waals surface area contributed by atoms with Gasteiger partial charge in [-0.2, -0.15) is 0 Å². The zero-order valence-corrected chi connectivity index (χ0v) is 21.3. The van der Waals surface area contributed by atoms with Crippen LogP contribution in [0.2, 0.25) is 0 Å². The number of aromatic nitrogens is 2. The van der Waals surface area contributed by atoms with Gasteiger partial charge in [-0.05, 0) is 66.8 Å². The van der Waals surface area contributed by atoms with Crippen molar-refractivity contribution in [2.45, 2.75) is 18.6 Å². The quantitative estimate of drug-likeness (QED) is 0.318. The van der Waals surface area contributed by atoms with Gasteiger partial charge in [0.05, 0.1) is 37.3 Å². The minimum absolute atomic E-state index is 0.0677. The Morgan fingerprint density at radius 3 is 2.78 bits per heavy atom. The highest BCUT2D eigenvalue weighted by Crippen LogP contribution is 2.43. The van der Waals surface area contributed by atoms with E-state index in [-0.39, 0.29) is 24.6 Å². The van der Waals surface area contributed by atoms with Crippen LogP contribution in [0.15, 0.2) is 83.7 Å². The number of carbonyl (C=O) groups is 1. The highest BCUT2D eigenvalue weighted by molar-refractivity contribution is 7.80. The number of hydrogen-bond donors (Lipinski definition) is 2. The predicted molar refractivity (Wildman–Crippen MR) is 144 cm³/mol. The second-order valence-corrected chi connectivity index (χ2v) is 8.89. The lowest BCUT2D eigenvalue weighted by Crippen LogP contribution is -2.30. The molecule has 0 radical (unpaired) electrons. The number of amides is 1. The van der Waals surface area contributed by atoms with Gasteiger partial charge in [0.15, 0.2) is 5.11 Å². The molecule has 0 aliphatic carbocycles. The zero-order valence-electron chi connectivity index (χ0n) is 20.5. The fraction of sp³-hybridized carbons (Fsp3) is 0.222. The van der Waals surface area contributed by atoms with Crippen LogP contribution in [0.3, 0.4) is 0 Å². The van der Waals surface area contributed by atoms with E-state index in [4.69, 9.17) is 26.1 Å².